The van der Waals surface area contributed by atoms with Gasteiger partial charge in [-0.1, -0.05) is 41.6 Å². The summed E-state index contributed by atoms with van der Waals surface area (Å²) in [5.74, 6) is 1.02. The quantitative estimate of drug-likeness (QED) is 0.724. The lowest BCUT2D eigenvalue weighted by Gasteiger charge is -2.23. The lowest BCUT2D eigenvalue weighted by molar-refractivity contribution is -0.125. The summed E-state index contributed by atoms with van der Waals surface area (Å²) in [7, 11) is 0. The van der Waals surface area contributed by atoms with Gasteiger partial charge in [0.15, 0.2) is 5.82 Å². The zero-order valence-electron chi connectivity index (χ0n) is 14.3. The van der Waals surface area contributed by atoms with Crippen LogP contribution in [-0.2, 0) is 17.9 Å². The van der Waals surface area contributed by atoms with Crippen molar-refractivity contribution in [3.05, 3.63) is 59.2 Å². The molecule has 1 fully saturated rings. The second-order valence-electron chi connectivity index (χ2n) is 6.32. The molecule has 7 heteroatoms. The Kier molecular flexibility index (Phi) is 5.08. The molecule has 2 aromatic heterocycles. The third-order valence-corrected chi connectivity index (χ3v) is 5.37. The molecular formula is C19H20N4O2S. The number of likely N-dealkylation sites (tertiary alicyclic amines) is 1. The molecule has 6 nitrogen and oxygen atoms in total. The molecule has 4 rings (SSSR count). The molecule has 1 saturated heterocycles. The van der Waals surface area contributed by atoms with Gasteiger partial charge in [0, 0.05) is 6.54 Å². The van der Waals surface area contributed by atoms with E-state index in [0.717, 1.165) is 30.8 Å². The number of carbonyl (C=O) groups excluding carboxylic acids is 1. The van der Waals surface area contributed by atoms with E-state index in [4.69, 9.17) is 4.52 Å². The van der Waals surface area contributed by atoms with Gasteiger partial charge in [-0.05, 0) is 36.4 Å². The van der Waals surface area contributed by atoms with Crippen LogP contribution in [0.1, 0.15) is 24.2 Å². The molecule has 0 bridgehead atoms. The second kappa shape index (κ2) is 7.80. The summed E-state index contributed by atoms with van der Waals surface area (Å²) in [5.41, 5.74) is 1.23. The minimum absolute atomic E-state index is 0.0286. The van der Waals surface area contributed by atoms with Crippen molar-refractivity contribution in [1.82, 2.24) is 20.4 Å². The molecule has 1 amide bonds. The molecular weight excluding hydrogens is 348 g/mol. The number of thiophene rings is 1. The first-order valence-corrected chi connectivity index (χ1v) is 9.60. The first-order chi connectivity index (χ1) is 12.8. The summed E-state index contributed by atoms with van der Waals surface area (Å²) in [5, 5.41) is 8.86. The van der Waals surface area contributed by atoms with Gasteiger partial charge in [-0.25, -0.2) is 0 Å². The van der Waals surface area contributed by atoms with Gasteiger partial charge in [0.2, 0.25) is 5.91 Å². The van der Waals surface area contributed by atoms with Crippen LogP contribution in [0, 0.1) is 0 Å². The molecule has 0 aliphatic carbocycles. The van der Waals surface area contributed by atoms with Crippen molar-refractivity contribution in [2.45, 2.75) is 32.0 Å². The number of carbonyl (C=O) groups is 1. The fraction of sp³-hybridized carbons (Fsp3) is 0.316. The van der Waals surface area contributed by atoms with Crippen molar-refractivity contribution in [2.75, 3.05) is 6.54 Å². The summed E-state index contributed by atoms with van der Waals surface area (Å²) < 4.78 is 5.25. The highest BCUT2D eigenvalue weighted by atomic mass is 32.1. The standard InChI is InChI=1S/C19H20N4O2S/c24-18(15-8-4-10-23(15)13-14-6-2-1-3-7-14)20-12-17-21-19(25-22-17)16-9-5-11-26-16/h1-3,5-7,9,11,15H,4,8,10,12-13H2,(H,20,24)/t15-/m0/s1. The summed E-state index contributed by atoms with van der Waals surface area (Å²) in [4.78, 5) is 20.1. The zero-order chi connectivity index (χ0) is 17.8. The number of rotatable bonds is 6. The van der Waals surface area contributed by atoms with E-state index in [0.29, 0.717) is 11.7 Å². The van der Waals surface area contributed by atoms with E-state index in [1.165, 1.54) is 5.56 Å². The molecule has 1 aromatic carbocycles. The SMILES string of the molecule is O=C(NCc1noc(-c2cccs2)n1)[C@@H]1CCCN1Cc1ccccc1. The van der Waals surface area contributed by atoms with Crippen LogP contribution in [0.25, 0.3) is 10.8 Å². The Morgan fingerprint density at radius 1 is 1.27 bits per heavy atom. The third-order valence-electron chi connectivity index (χ3n) is 4.52. The molecule has 134 valence electrons. The van der Waals surface area contributed by atoms with Gasteiger partial charge in [0.1, 0.15) is 0 Å². The number of hydrogen-bond acceptors (Lipinski definition) is 6. The van der Waals surface area contributed by atoms with Crippen molar-refractivity contribution < 1.29 is 9.32 Å². The Hall–Kier alpha value is -2.51. The first kappa shape index (κ1) is 16.9. The number of amides is 1. The van der Waals surface area contributed by atoms with Crippen LogP contribution in [-0.4, -0.2) is 33.5 Å². The fourth-order valence-electron chi connectivity index (χ4n) is 3.24. The Morgan fingerprint density at radius 3 is 2.96 bits per heavy atom. The largest absolute Gasteiger partial charge is 0.347 e. The monoisotopic (exact) mass is 368 g/mol. The molecule has 0 saturated carbocycles. The highest BCUT2D eigenvalue weighted by molar-refractivity contribution is 7.13. The average Bonchev–Trinajstić information content (AvgIpc) is 3.41. The minimum Gasteiger partial charge on any atom is -0.347 e. The molecule has 3 aromatic rings. The Bertz CT molecular complexity index is 848. The number of hydrogen-bond donors (Lipinski definition) is 1. The van der Waals surface area contributed by atoms with Crippen molar-refractivity contribution in [3.8, 4) is 10.8 Å². The molecule has 0 unspecified atom stereocenters. The number of aromatic nitrogens is 2. The van der Waals surface area contributed by atoms with Crippen molar-refractivity contribution in [1.29, 1.82) is 0 Å². The summed E-state index contributed by atoms with van der Waals surface area (Å²) in [6.45, 7) is 2.02. The van der Waals surface area contributed by atoms with E-state index in [2.05, 4.69) is 32.5 Å². The van der Waals surface area contributed by atoms with Crippen molar-refractivity contribution >= 4 is 17.2 Å². The van der Waals surface area contributed by atoms with Crippen LogP contribution in [0.2, 0.25) is 0 Å². The number of nitrogens with zero attached hydrogens (tertiary/aromatic N) is 3. The van der Waals surface area contributed by atoms with Gasteiger partial charge in [-0.2, -0.15) is 4.98 Å². The normalized spacial score (nSPS) is 17.5. The molecule has 1 atom stereocenters. The first-order valence-electron chi connectivity index (χ1n) is 8.72. The van der Waals surface area contributed by atoms with E-state index in [1.54, 1.807) is 11.3 Å². The third kappa shape index (κ3) is 3.84. The Labute approximate surface area is 155 Å². The van der Waals surface area contributed by atoms with Gasteiger partial charge >= 0.3 is 0 Å². The lowest BCUT2D eigenvalue weighted by atomic mass is 10.1. The van der Waals surface area contributed by atoms with Gasteiger partial charge in [0.05, 0.1) is 17.5 Å². The van der Waals surface area contributed by atoms with Crippen LogP contribution >= 0.6 is 11.3 Å². The molecule has 26 heavy (non-hydrogen) atoms. The van der Waals surface area contributed by atoms with E-state index in [-0.39, 0.29) is 18.5 Å². The highest BCUT2D eigenvalue weighted by Crippen LogP contribution is 2.23. The summed E-state index contributed by atoms with van der Waals surface area (Å²) in [6, 6.07) is 14.0. The number of nitrogens with one attached hydrogen (secondary N) is 1. The van der Waals surface area contributed by atoms with Gasteiger partial charge in [-0.3, -0.25) is 9.69 Å². The molecule has 0 spiro atoms. The predicted molar refractivity (Wildman–Crippen MR) is 99.3 cm³/mol. The van der Waals surface area contributed by atoms with Crippen LogP contribution in [0.3, 0.4) is 0 Å². The zero-order valence-corrected chi connectivity index (χ0v) is 15.1. The topological polar surface area (TPSA) is 71.3 Å². The van der Waals surface area contributed by atoms with Gasteiger partial charge in [-0.15, -0.1) is 11.3 Å². The smallest absolute Gasteiger partial charge is 0.268 e. The van der Waals surface area contributed by atoms with E-state index < -0.39 is 0 Å². The maximum atomic E-state index is 12.6. The molecule has 3 heterocycles. The van der Waals surface area contributed by atoms with E-state index >= 15 is 0 Å². The van der Waals surface area contributed by atoms with Crippen LogP contribution in [0.5, 0.6) is 0 Å². The van der Waals surface area contributed by atoms with E-state index in [1.807, 2.05) is 35.7 Å². The van der Waals surface area contributed by atoms with Crippen LogP contribution < -0.4 is 5.32 Å². The van der Waals surface area contributed by atoms with Crippen molar-refractivity contribution in [3.63, 3.8) is 0 Å². The summed E-state index contributed by atoms with van der Waals surface area (Å²) >= 11 is 1.55. The lowest BCUT2D eigenvalue weighted by Crippen LogP contribution is -2.42. The number of benzene rings is 1. The maximum absolute atomic E-state index is 12.6. The molecule has 0 radical (unpaired) electrons. The van der Waals surface area contributed by atoms with E-state index in [9.17, 15) is 4.79 Å². The van der Waals surface area contributed by atoms with Crippen LogP contribution in [0.4, 0.5) is 0 Å². The molecule has 1 N–H and O–H groups in total. The predicted octanol–water partition coefficient (Wildman–Crippen LogP) is 3.08. The molecule has 1 aliphatic rings. The Morgan fingerprint density at radius 2 is 2.15 bits per heavy atom. The Balaban J connectivity index is 1.34. The summed E-state index contributed by atoms with van der Waals surface area (Å²) in [6.07, 6.45) is 1.92. The average molecular weight is 368 g/mol. The maximum Gasteiger partial charge on any atom is 0.268 e. The fourth-order valence-corrected chi connectivity index (χ4v) is 3.88. The van der Waals surface area contributed by atoms with Crippen LogP contribution in [0.15, 0.2) is 52.4 Å². The van der Waals surface area contributed by atoms with Crippen molar-refractivity contribution in [2.24, 2.45) is 0 Å². The highest BCUT2D eigenvalue weighted by Gasteiger charge is 2.30. The molecule has 1 aliphatic heterocycles. The van der Waals surface area contributed by atoms with Gasteiger partial charge < -0.3 is 9.84 Å². The second-order valence-corrected chi connectivity index (χ2v) is 7.27. The van der Waals surface area contributed by atoms with Gasteiger partial charge in [0.25, 0.3) is 5.89 Å². The minimum atomic E-state index is -0.0983.